The van der Waals surface area contributed by atoms with Crippen LogP contribution in [0.1, 0.15) is 11.5 Å². The van der Waals surface area contributed by atoms with Gasteiger partial charge in [-0.25, -0.2) is 0 Å². The first kappa shape index (κ1) is 12.0. The summed E-state index contributed by atoms with van der Waals surface area (Å²) in [6, 6.07) is 11.1. The van der Waals surface area contributed by atoms with Crippen LogP contribution < -0.4 is 5.32 Å². The van der Waals surface area contributed by atoms with Crippen LogP contribution in [-0.4, -0.2) is 28.2 Å². The summed E-state index contributed by atoms with van der Waals surface area (Å²) in [7, 11) is 0. The van der Waals surface area contributed by atoms with Gasteiger partial charge in [0.2, 0.25) is 0 Å². The van der Waals surface area contributed by atoms with Crippen LogP contribution in [0.2, 0.25) is 0 Å². The van der Waals surface area contributed by atoms with Gasteiger partial charge in [0.1, 0.15) is 6.04 Å². The number of carboxylic acids is 1. The summed E-state index contributed by atoms with van der Waals surface area (Å²) in [4.78, 5) is 10.8. The van der Waals surface area contributed by atoms with E-state index >= 15 is 0 Å². The van der Waals surface area contributed by atoms with Crippen LogP contribution in [0.15, 0.2) is 30.3 Å². The number of hydrogen-bond acceptors (Lipinski definition) is 4. The molecule has 0 radical (unpaired) electrons. The molecule has 17 heavy (non-hydrogen) atoms. The van der Waals surface area contributed by atoms with E-state index in [9.17, 15) is 10.1 Å². The minimum atomic E-state index is -0.857. The molecule has 0 amide bonds. The Morgan fingerprint density at radius 2 is 2.24 bits per heavy atom. The van der Waals surface area contributed by atoms with Crippen molar-refractivity contribution in [3.05, 3.63) is 35.9 Å². The Hall–Kier alpha value is -1.51. The van der Waals surface area contributed by atoms with Crippen LogP contribution >= 0.6 is 11.8 Å². The molecule has 1 aromatic rings. The third-order valence-corrected chi connectivity index (χ3v) is 4.00. The summed E-state index contributed by atoms with van der Waals surface area (Å²) in [5, 5.41) is 20.9. The maximum atomic E-state index is 10.8. The molecule has 1 aliphatic rings. The minimum absolute atomic E-state index is 0.150. The molecule has 1 heterocycles. The van der Waals surface area contributed by atoms with Crippen LogP contribution in [0.5, 0.6) is 0 Å². The van der Waals surface area contributed by atoms with Gasteiger partial charge in [0.15, 0.2) is 0 Å². The summed E-state index contributed by atoms with van der Waals surface area (Å²) in [6.07, 6.45) is 0. The van der Waals surface area contributed by atoms with Gasteiger partial charge >= 0.3 is 5.97 Å². The fourth-order valence-corrected chi connectivity index (χ4v) is 3.12. The molecule has 5 heteroatoms. The molecule has 0 aromatic heterocycles. The van der Waals surface area contributed by atoms with Gasteiger partial charge in [0, 0.05) is 5.75 Å². The van der Waals surface area contributed by atoms with Crippen LogP contribution in [0.3, 0.4) is 0 Å². The first-order valence-corrected chi connectivity index (χ1v) is 6.32. The van der Waals surface area contributed by atoms with Crippen molar-refractivity contribution in [2.75, 3.05) is 5.75 Å². The quantitative estimate of drug-likeness (QED) is 0.846. The lowest BCUT2D eigenvalue weighted by Gasteiger charge is -2.17. The second-order valence-corrected chi connectivity index (χ2v) is 5.00. The Morgan fingerprint density at radius 3 is 2.76 bits per heavy atom. The van der Waals surface area contributed by atoms with E-state index in [1.807, 2.05) is 30.3 Å². The van der Waals surface area contributed by atoms with Crippen molar-refractivity contribution in [1.29, 1.82) is 5.26 Å². The van der Waals surface area contributed by atoms with Gasteiger partial charge in [-0.2, -0.15) is 5.26 Å². The van der Waals surface area contributed by atoms with Crippen molar-refractivity contribution in [2.24, 2.45) is 0 Å². The topological polar surface area (TPSA) is 73.1 Å². The summed E-state index contributed by atoms with van der Waals surface area (Å²) >= 11 is 1.49. The number of carbonyl (C=O) groups is 1. The van der Waals surface area contributed by atoms with Crippen LogP contribution in [0.25, 0.3) is 0 Å². The van der Waals surface area contributed by atoms with E-state index in [1.165, 1.54) is 11.8 Å². The zero-order valence-corrected chi connectivity index (χ0v) is 9.85. The molecule has 0 spiro atoms. The van der Waals surface area contributed by atoms with E-state index in [0.29, 0.717) is 5.75 Å². The molecule has 4 nitrogen and oxygen atoms in total. The highest BCUT2D eigenvalue weighted by Gasteiger charge is 2.34. The Bertz CT molecular complexity index is 444. The molecule has 0 aliphatic carbocycles. The third-order valence-electron chi connectivity index (χ3n) is 2.71. The standard InChI is InChI=1S/C12H12N2O2S/c13-6-9(8-4-2-1-3-5-8)11-14-10(7-17-11)12(15)16/h1-5,9-11,14H,7H2,(H,15,16)/t9-,10-,11+/m0/s1. The molecule has 1 fully saturated rings. The van der Waals surface area contributed by atoms with Gasteiger partial charge in [0.25, 0.3) is 0 Å². The summed E-state index contributed by atoms with van der Waals surface area (Å²) in [5.41, 5.74) is 0.922. The lowest BCUT2D eigenvalue weighted by Crippen LogP contribution is -2.38. The maximum Gasteiger partial charge on any atom is 0.321 e. The second kappa shape index (κ2) is 5.21. The van der Waals surface area contributed by atoms with Gasteiger partial charge < -0.3 is 5.11 Å². The predicted molar refractivity (Wildman–Crippen MR) is 65.6 cm³/mol. The molecule has 0 unspecified atom stereocenters. The van der Waals surface area contributed by atoms with E-state index in [0.717, 1.165) is 5.56 Å². The van der Waals surface area contributed by atoms with Crippen LogP contribution in [-0.2, 0) is 4.79 Å². The second-order valence-electron chi connectivity index (χ2n) is 3.83. The Balaban J connectivity index is 2.12. The number of thioether (sulfide) groups is 1. The number of hydrogen-bond donors (Lipinski definition) is 2. The fourth-order valence-electron chi connectivity index (χ4n) is 1.81. The van der Waals surface area contributed by atoms with Crippen molar-refractivity contribution in [3.8, 4) is 6.07 Å². The molecular formula is C12H12N2O2S. The number of nitrogens with one attached hydrogen (secondary N) is 1. The van der Waals surface area contributed by atoms with E-state index in [-0.39, 0.29) is 11.3 Å². The van der Waals surface area contributed by atoms with Crippen LogP contribution in [0.4, 0.5) is 0 Å². The van der Waals surface area contributed by atoms with E-state index in [2.05, 4.69) is 11.4 Å². The number of nitriles is 1. The van der Waals surface area contributed by atoms with Crippen molar-refractivity contribution in [3.63, 3.8) is 0 Å². The molecule has 2 rings (SSSR count). The van der Waals surface area contributed by atoms with Gasteiger partial charge in [0.05, 0.1) is 17.4 Å². The monoisotopic (exact) mass is 248 g/mol. The number of benzene rings is 1. The molecule has 1 aromatic carbocycles. The van der Waals surface area contributed by atoms with E-state index < -0.39 is 12.0 Å². The Morgan fingerprint density at radius 1 is 1.53 bits per heavy atom. The lowest BCUT2D eigenvalue weighted by molar-refractivity contribution is -0.138. The SMILES string of the molecule is N#C[C@@H](c1ccccc1)[C@@H]1N[C@H](C(=O)O)CS1. The van der Waals surface area contributed by atoms with E-state index in [4.69, 9.17) is 5.11 Å². The Labute approximate surface area is 104 Å². The first-order chi connectivity index (χ1) is 8.22. The van der Waals surface area contributed by atoms with Crippen molar-refractivity contribution in [2.45, 2.75) is 17.3 Å². The molecule has 88 valence electrons. The molecule has 1 saturated heterocycles. The van der Waals surface area contributed by atoms with E-state index in [1.54, 1.807) is 0 Å². The molecular weight excluding hydrogens is 236 g/mol. The minimum Gasteiger partial charge on any atom is -0.480 e. The molecule has 3 atom stereocenters. The first-order valence-electron chi connectivity index (χ1n) is 5.27. The zero-order valence-electron chi connectivity index (χ0n) is 9.04. The van der Waals surface area contributed by atoms with Gasteiger partial charge in [-0.15, -0.1) is 11.8 Å². The Kier molecular flexibility index (Phi) is 3.67. The van der Waals surface area contributed by atoms with Gasteiger partial charge in [-0.1, -0.05) is 30.3 Å². The highest BCUT2D eigenvalue weighted by Crippen LogP contribution is 2.31. The molecule has 0 saturated carbocycles. The number of carboxylic acid groups (broad SMARTS) is 1. The number of rotatable bonds is 3. The van der Waals surface area contributed by atoms with Gasteiger partial charge in [-0.3, -0.25) is 10.1 Å². The molecule has 2 N–H and O–H groups in total. The molecule has 1 aliphatic heterocycles. The maximum absolute atomic E-state index is 10.8. The third kappa shape index (κ3) is 2.60. The average molecular weight is 248 g/mol. The average Bonchev–Trinajstić information content (AvgIpc) is 2.81. The van der Waals surface area contributed by atoms with Crippen molar-refractivity contribution >= 4 is 17.7 Å². The zero-order chi connectivity index (χ0) is 12.3. The summed E-state index contributed by atoms with van der Waals surface area (Å²) in [5.74, 6) is -0.666. The molecule has 0 bridgehead atoms. The fraction of sp³-hybridized carbons (Fsp3) is 0.333. The summed E-state index contributed by atoms with van der Waals surface area (Å²) < 4.78 is 0. The normalized spacial score (nSPS) is 25.1. The van der Waals surface area contributed by atoms with Gasteiger partial charge in [-0.05, 0) is 5.56 Å². The predicted octanol–water partition coefficient (Wildman–Crippen LogP) is 1.41. The number of aliphatic carboxylic acids is 1. The largest absolute Gasteiger partial charge is 0.480 e. The van der Waals surface area contributed by atoms with Crippen molar-refractivity contribution < 1.29 is 9.90 Å². The highest BCUT2D eigenvalue weighted by molar-refractivity contribution is 8.00. The van der Waals surface area contributed by atoms with Crippen LogP contribution in [0, 0.1) is 11.3 Å². The van der Waals surface area contributed by atoms with Crippen molar-refractivity contribution in [1.82, 2.24) is 5.32 Å². The smallest absolute Gasteiger partial charge is 0.321 e. The summed E-state index contributed by atoms with van der Waals surface area (Å²) in [6.45, 7) is 0. The highest BCUT2D eigenvalue weighted by atomic mass is 32.2. The number of nitrogens with zero attached hydrogens (tertiary/aromatic N) is 1. The lowest BCUT2D eigenvalue weighted by atomic mass is 10.0.